The lowest BCUT2D eigenvalue weighted by Gasteiger charge is -2.25. The van der Waals surface area contributed by atoms with Crippen molar-refractivity contribution in [1.82, 2.24) is 0 Å². The largest absolute Gasteiger partial charge is 0.492 e. The van der Waals surface area contributed by atoms with E-state index in [4.69, 9.17) is 26.6 Å². The van der Waals surface area contributed by atoms with Crippen LogP contribution in [0.4, 0.5) is 88.1 Å². The summed E-state index contributed by atoms with van der Waals surface area (Å²) >= 11 is 5.60. The zero-order valence-corrected chi connectivity index (χ0v) is 37.4. The van der Waals surface area contributed by atoms with Gasteiger partial charge in [-0.25, -0.2) is 35.8 Å². The SMILES string of the molecule is C.C.C.C.C.C.C.C.C=Cc1ccc(CCl)cc1.C=Cc1ccc(COCCF)cc1.C=Cc1ccc(COCF)cc1.FCOC(F)(F)OC(F)(F)C(F)(F)OF.FCOC(F)(F)OC(F)(F)C(F)(F)OF.OCCF.OCF. The molecule has 0 aliphatic rings. The quantitative estimate of drug-likeness (QED) is 0.0389. The highest BCUT2D eigenvalue weighted by atomic mass is 35.5. The number of aliphatic hydroxyl groups excluding tert-OH is 2. The molecule has 80 heavy (non-hydrogen) atoms. The van der Waals surface area contributed by atoms with Crippen molar-refractivity contribution in [3.63, 3.8) is 0 Å². The standard InChI is InChI=1S/C11H13FO.C10H11FO.C9H9Cl.2C4H2F8O3.C2H5FO.CH3FO.8CH4/c1-2-10-3-5-11(6-4-10)9-13-8-7-12;1-2-9-3-5-10(6-4-9)7-12-8-11;1-2-8-3-5-9(7-10)6-4-8;2*5-1-13-4(10,11)14-2(6,7)3(8,9)15-12;3-1-2-4;2-1-3;;;;;;;;/h2-6H,1,7-9H2;2-6H,1,7-8H2;2-6H,1,7H2;2*1H2;4H,1-2H2;3H,1H2;8*1H4. The van der Waals surface area contributed by atoms with Crippen molar-refractivity contribution in [2.45, 2.75) is 116 Å². The van der Waals surface area contributed by atoms with Gasteiger partial charge >= 0.3 is 37.0 Å². The molecule has 0 bridgehead atoms. The highest BCUT2D eigenvalue weighted by molar-refractivity contribution is 6.17. The van der Waals surface area contributed by atoms with Crippen molar-refractivity contribution in [2.24, 2.45) is 0 Å². The van der Waals surface area contributed by atoms with E-state index in [9.17, 15) is 88.1 Å². The topological polar surface area (TPSA) is 114 Å². The van der Waals surface area contributed by atoms with Crippen molar-refractivity contribution in [1.29, 1.82) is 0 Å². The van der Waals surface area contributed by atoms with Crippen LogP contribution in [0.15, 0.2) is 92.5 Å². The molecule has 0 amide bonds. The molecule has 3 aromatic carbocycles. The summed E-state index contributed by atoms with van der Waals surface area (Å²) in [5.41, 5.74) is 6.44. The Hall–Kier alpha value is -4.63. The van der Waals surface area contributed by atoms with E-state index in [1.807, 2.05) is 78.9 Å². The van der Waals surface area contributed by atoms with E-state index in [1.54, 1.807) is 12.2 Å². The van der Waals surface area contributed by atoms with Crippen LogP contribution < -0.4 is 0 Å². The Bertz CT molecular complexity index is 1750. The first-order chi connectivity index (χ1) is 33.6. The first-order valence-electron chi connectivity index (χ1n) is 18.6. The number of alkyl halides is 19. The second-order valence-electron chi connectivity index (χ2n) is 11.6. The van der Waals surface area contributed by atoms with Gasteiger partial charge in [-0.1, -0.05) is 170 Å². The summed E-state index contributed by atoms with van der Waals surface area (Å²) in [5, 5.41) is 14.4. The van der Waals surface area contributed by atoms with Gasteiger partial charge in [-0.05, 0) is 42.4 Å². The first-order valence-corrected chi connectivity index (χ1v) is 19.1. The van der Waals surface area contributed by atoms with Crippen LogP contribution in [0.5, 0.6) is 0 Å². The smallest absolute Gasteiger partial charge is 0.394 e. The molecule has 0 saturated heterocycles. The Kier molecular flexibility index (Phi) is 74.7. The summed E-state index contributed by atoms with van der Waals surface area (Å²) < 4.78 is 249. The van der Waals surface area contributed by atoms with Crippen molar-refractivity contribution < 1.29 is 137 Å². The van der Waals surface area contributed by atoms with Crippen LogP contribution in [0.3, 0.4) is 0 Å². The Morgan fingerprint density at radius 2 is 0.688 bits per heavy atom. The molecular formula is C49H77ClF20O10. The molecule has 0 aromatic heterocycles. The van der Waals surface area contributed by atoms with Gasteiger partial charge in [-0.15, -0.1) is 39.0 Å². The van der Waals surface area contributed by atoms with E-state index >= 15 is 0 Å². The molecule has 0 spiro atoms. The summed E-state index contributed by atoms with van der Waals surface area (Å²) in [4.78, 5) is 2.87. The van der Waals surface area contributed by atoms with E-state index in [-0.39, 0.29) is 72.6 Å². The van der Waals surface area contributed by atoms with Gasteiger partial charge in [0.05, 0.1) is 26.4 Å². The van der Waals surface area contributed by atoms with Gasteiger partial charge in [0.1, 0.15) is 13.3 Å². The third-order valence-electron chi connectivity index (χ3n) is 6.53. The van der Waals surface area contributed by atoms with Gasteiger partial charge in [0.25, 0.3) is 0 Å². The fourth-order valence-corrected chi connectivity index (χ4v) is 3.51. The highest BCUT2D eigenvalue weighted by Crippen LogP contribution is 2.42. The maximum absolute atomic E-state index is 12.0. The van der Waals surface area contributed by atoms with E-state index in [2.05, 4.69) is 43.4 Å². The predicted octanol–water partition coefficient (Wildman–Crippen LogP) is 18.8. The van der Waals surface area contributed by atoms with E-state index in [0.29, 0.717) is 19.1 Å². The Labute approximate surface area is 461 Å². The maximum atomic E-state index is 12.0. The van der Waals surface area contributed by atoms with Crippen molar-refractivity contribution >= 4 is 29.8 Å². The zero-order chi connectivity index (χ0) is 56.5. The van der Waals surface area contributed by atoms with Crippen LogP contribution in [-0.4, -0.2) is 101 Å². The Balaban J connectivity index is -0.0000000687. The minimum atomic E-state index is -6.04. The molecule has 0 unspecified atom stereocenters. The Morgan fingerprint density at radius 1 is 0.425 bits per heavy atom. The summed E-state index contributed by atoms with van der Waals surface area (Å²) in [6.45, 7) is 3.96. The number of hydrogen-bond acceptors (Lipinski definition) is 10. The van der Waals surface area contributed by atoms with E-state index in [1.165, 1.54) is 9.88 Å². The number of halogens is 21. The number of ether oxygens (including phenoxy) is 6. The fraction of sp³-hybridized carbons (Fsp3) is 0.510. The molecule has 3 aromatic rings. The van der Waals surface area contributed by atoms with Gasteiger partial charge in [-0.2, -0.15) is 35.1 Å². The lowest BCUT2D eigenvalue weighted by atomic mass is 10.1. The number of benzene rings is 3. The molecule has 0 fully saturated rings. The molecule has 0 aliphatic carbocycles. The van der Waals surface area contributed by atoms with Gasteiger partial charge in [-0.3, -0.25) is 9.47 Å². The minimum Gasteiger partial charge on any atom is -0.394 e. The van der Waals surface area contributed by atoms with Crippen LogP contribution in [0.2, 0.25) is 0 Å². The van der Waals surface area contributed by atoms with E-state index < -0.39 is 77.8 Å². The van der Waals surface area contributed by atoms with Gasteiger partial charge in [0.15, 0.2) is 27.4 Å². The van der Waals surface area contributed by atoms with Gasteiger partial charge in [0.2, 0.25) is 0 Å². The van der Waals surface area contributed by atoms with Crippen LogP contribution in [-0.2, 0) is 57.4 Å². The van der Waals surface area contributed by atoms with Crippen molar-refractivity contribution in [2.75, 3.05) is 54.0 Å². The summed E-state index contributed by atoms with van der Waals surface area (Å²) in [6, 6.07) is 23.5. The van der Waals surface area contributed by atoms with Crippen molar-refractivity contribution in [3.05, 3.63) is 126 Å². The number of rotatable bonds is 24. The third-order valence-corrected chi connectivity index (χ3v) is 6.84. The van der Waals surface area contributed by atoms with Crippen LogP contribution in [0, 0.1) is 0 Å². The molecule has 0 aliphatic heterocycles. The van der Waals surface area contributed by atoms with Gasteiger partial charge in [0, 0.05) is 5.88 Å². The second-order valence-corrected chi connectivity index (χ2v) is 11.8. The van der Waals surface area contributed by atoms with Crippen LogP contribution in [0.1, 0.15) is 92.8 Å². The molecule has 0 atom stereocenters. The lowest BCUT2D eigenvalue weighted by molar-refractivity contribution is -0.548. The predicted molar refractivity (Wildman–Crippen MR) is 271 cm³/mol. The number of hydrogen-bond donors (Lipinski definition) is 2. The minimum absolute atomic E-state index is 0. The molecule has 0 saturated carbocycles. The average molecular weight is 1240 g/mol. The Morgan fingerprint density at radius 3 is 0.887 bits per heavy atom. The first kappa shape index (κ1) is 104. The summed E-state index contributed by atoms with van der Waals surface area (Å²) in [5.74, 6) is 0.581. The molecule has 0 heterocycles. The number of aliphatic hydroxyl groups is 2. The molecule has 480 valence electrons. The second kappa shape index (κ2) is 57.6. The fourth-order valence-electron chi connectivity index (χ4n) is 3.34. The van der Waals surface area contributed by atoms with E-state index in [0.717, 1.165) is 33.4 Å². The molecule has 31 heteroatoms. The summed E-state index contributed by atoms with van der Waals surface area (Å²) in [6.07, 6.45) is -29.4. The molecular weight excluding hydrogens is 1160 g/mol. The molecule has 10 nitrogen and oxygen atoms in total. The highest BCUT2D eigenvalue weighted by Gasteiger charge is 2.67. The van der Waals surface area contributed by atoms with Gasteiger partial charge < -0.3 is 19.7 Å². The third kappa shape index (κ3) is 50.3. The summed E-state index contributed by atoms with van der Waals surface area (Å²) in [7, 11) is 0. The molecule has 0 radical (unpaired) electrons. The molecule has 3 rings (SSSR count). The van der Waals surface area contributed by atoms with Crippen molar-refractivity contribution in [3.8, 4) is 0 Å². The van der Waals surface area contributed by atoms with Crippen LogP contribution >= 0.6 is 11.6 Å². The molecule has 2 N–H and O–H groups in total. The average Bonchev–Trinajstić information content (AvgIpc) is 3.34. The van der Waals surface area contributed by atoms with Crippen LogP contribution in [0.25, 0.3) is 18.2 Å². The maximum Gasteiger partial charge on any atom is 0.492 e. The lowest BCUT2D eigenvalue weighted by Crippen LogP contribution is -2.48. The normalized spacial score (nSPS) is 10.2. The monoisotopic (exact) mass is 1240 g/mol. The zero-order valence-electron chi connectivity index (χ0n) is 36.7.